The molecule has 0 unspecified atom stereocenters. The standard InChI is InChI=1S/C21H25N3O4S/c1-23(2)29(26,27)14-12-22-21(25)16-28-20-10-6-9-19-18(20)11-13-24(19)15-17-7-4-3-5-8-17/h3-11,13H,12,14-16H2,1-2H3,(H,22,25). The van der Waals surface area contributed by atoms with Gasteiger partial charge in [-0.15, -0.1) is 0 Å². The molecule has 7 nitrogen and oxygen atoms in total. The Morgan fingerprint density at radius 3 is 2.55 bits per heavy atom. The van der Waals surface area contributed by atoms with Gasteiger partial charge in [0.05, 0.1) is 11.3 Å². The second-order valence-electron chi connectivity index (χ2n) is 6.86. The number of fused-ring (bicyclic) bond motifs is 1. The van der Waals surface area contributed by atoms with Crippen LogP contribution in [0.15, 0.2) is 60.8 Å². The number of sulfonamides is 1. The molecule has 3 rings (SSSR count). The SMILES string of the molecule is CN(C)S(=O)(=O)CCNC(=O)COc1cccc2c1ccn2Cc1ccccc1. The maximum absolute atomic E-state index is 12.0. The smallest absolute Gasteiger partial charge is 0.257 e. The Morgan fingerprint density at radius 2 is 1.83 bits per heavy atom. The van der Waals surface area contributed by atoms with Crippen LogP contribution in [-0.2, 0) is 21.4 Å². The Hall–Kier alpha value is -2.84. The van der Waals surface area contributed by atoms with Gasteiger partial charge in [-0.3, -0.25) is 4.79 Å². The van der Waals surface area contributed by atoms with Crippen LogP contribution in [-0.4, -0.2) is 56.2 Å². The molecule has 0 bridgehead atoms. The average Bonchev–Trinajstić information content (AvgIpc) is 3.10. The van der Waals surface area contributed by atoms with Gasteiger partial charge in [0.15, 0.2) is 6.61 Å². The molecule has 0 saturated carbocycles. The Bertz CT molecular complexity index is 1080. The summed E-state index contributed by atoms with van der Waals surface area (Å²) in [6.07, 6.45) is 2.00. The van der Waals surface area contributed by atoms with Crippen LogP contribution in [0.2, 0.25) is 0 Å². The quantitative estimate of drug-likeness (QED) is 0.580. The highest BCUT2D eigenvalue weighted by Crippen LogP contribution is 2.27. The third-order valence-corrected chi connectivity index (χ3v) is 6.40. The third-order valence-electron chi connectivity index (χ3n) is 4.57. The first kappa shape index (κ1) is 20.9. The van der Waals surface area contributed by atoms with Crippen LogP contribution in [0.5, 0.6) is 5.75 Å². The lowest BCUT2D eigenvalue weighted by atomic mass is 10.2. The van der Waals surface area contributed by atoms with Gasteiger partial charge in [-0.2, -0.15) is 0 Å². The molecule has 8 heteroatoms. The number of carbonyl (C=O) groups is 1. The highest BCUT2D eigenvalue weighted by Gasteiger charge is 2.14. The minimum absolute atomic E-state index is 0.0420. The molecule has 2 aromatic carbocycles. The molecule has 1 amide bonds. The lowest BCUT2D eigenvalue weighted by Crippen LogP contribution is -2.36. The van der Waals surface area contributed by atoms with Gasteiger partial charge >= 0.3 is 0 Å². The van der Waals surface area contributed by atoms with Crippen LogP contribution in [0.1, 0.15) is 5.56 Å². The predicted octanol–water partition coefficient (Wildman–Crippen LogP) is 2.08. The van der Waals surface area contributed by atoms with Crippen LogP contribution in [0.25, 0.3) is 10.9 Å². The van der Waals surface area contributed by atoms with Crippen molar-refractivity contribution in [1.29, 1.82) is 0 Å². The lowest BCUT2D eigenvalue weighted by Gasteiger charge is -2.12. The van der Waals surface area contributed by atoms with Crippen molar-refractivity contribution in [2.75, 3.05) is 33.0 Å². The molecule has 0 fully saturated rings. The zero-order chi connectivity index (χ0) is 20.9. The monoisotopic (exact) mass is 415 g/mol. The molecule has 0 radical (unpaired) electrons. The highest BCUT2D eigenvalue weighted by molar-refractivity contribution is 7.89. The molecular formula is C21H25N3O4S. The van der Waals surface area contributed by atoms with Crippen LogP contribution in [0.3, 0.4) is 0 Å². The van der Waals surface area contributed by atoms with Gasteiger partial charge in [0.2, 0.25) is 10.0 Å². The van der Waals surface area contributed by atoms with Gasteiger partial charge in [0.25, 0.3) is 5.91 Å². The topological polar surface area (TPSA) is 80.6 Å². The van der Waals surface area contributed by atoms with Crippen molar-refractivity contribution < 1.29 is 17.9 Å². The number of rotatable bonds is 9. The molecule has 0 aliphatic carbocycles. The van der Waals surface area contributed by atoms with Gasteiger partial charge in [0, 0.05) is 38.8 Å². The van der Waals surface area contributed by atoms with Crippen molar-refractivity contribution in [3.05, 3.63) is 66.4 Å². The maximum Gasteiger partial charge on any atom is 0.257 e. The number of aromatic nitrogens is 1. The van der Waals surface area contributed by atoms with Crippen molar-refractivity contribution in [1.82, 2.24) is 14.2 Å². The molecule has 0 atom stereocenters. The van der Waals surface area contributed by atoms with E-state index in [0.29, 0.717) is 5.75 Å². The van der Waals surface area contributed by atoms with Crippen LogP contribution < -0.4 is 10.1 Å². The predicted molar refractivity (Wildman–Crippen MR) is 113 cm³/mol. The zero-order valence-corrected chi connectivity index (χ0v) is 17.4. The van der Waals surface area contributed by atoms with E-state index in [-0.39, 0.29) is 24.8 Å². The fourth-order valence-corrected chi connectivity index (χ4v) is 3.66. The summed E-state index contributed by atoms with van der Waals surface area (Å²) in [6, 6.07) is 17.9. The van der Waals surface area contributed by atoms with E-state index in [1.165, 1.54) is 19.7 Å². The summed E-state index contributed by atoms with van der Waals surface area (Å²) >= 11 is 0. The van der Waals surface area contributed by atoms with E-state index in [9.17, 15) is 13.2 Å². The maximum atomic E-state index is 12.0. The van der Waals surface area contributed by atoms with E-state index in [0.717, 1.165) is 21.8 Å². The first-order valence-electron chi connectivity index (χ1n) is 9.28. The molecule has 1 aromatic heterocycles. The Morgan fingerprint density at radius 1 is 1.07 bits per heavy atom. The molecule has 0 spiro atoms. The largest absolute Gasteiger partial charge is 0.483 e. The number of nitrogens with one attached hydrogen (secondary N) is 1. The van der Waals surface area contributed by atoms with Crippen molar-refractivity contribution in [3.8, 4) is 5.75 Å². The lowest BCUT2D eigenvalue weighted by molar-refractivity contribution is -0.122. The summed E-state index contributed by atoms with van der Waals surface area (Å²) in [7, 11) is -0.412. The highest BCUT2D eigenvalue weighted by atomic mass is 32.2. The van der Waals surface area contributed by atoms with Gasteiger partial charge in [-0.25, -0.2) is 12.7 Å². The summed E-state index contributed by atoms with van der Waals surface area (Å²) in [5.41, 5.74) is 2.22. The Kier molecular flexibility index (Phi) is 6.56. The molecule has 3 aromatic rings. The van der Waals surface area contributed by atoms with Crippen molar-refractivity contribution in [2.45, 2.75) is 6.54 Å². The number of ether oxygens (including phenoxy) is 1. The minimum atomic E-state index is -3.34. The Balaban J connectivity index is 1.60. The second-order valence-corrected chi connectivity index (χ2v) is 9.16. The van der Waals surface area contributed by atoms with E-state index in [1.54, 1.807) is 0 Å². The van der Waals surface area contributed by atoms with Gasteiger partial charge in [0.1, 0.15) is 5.75 Å². The number of hydrogen-bond donors (Lipinski definition) is 1. The summed E-state index contributed by atoms with van der Waals surface area (Å²) in [5, 5.41) is 3.50. The van der Waals surface area contributed by atoms with E-state index in [1.807, 2.05) is 48.7 Å². The van der Waals surface area contributed by atoms with Gasteiger partial charge in [-0.05, 0) is 23.8 Å². The molecule has 29 heavy (non-hydrogen) atoms. The number of carbonyl (C=O) groups excluding carboxylic acids is 1. The summed E-state index contributed by atoms with van der Waals surface area (Å²) in [6.45, 7) is 0.611. The molecule has 1 heterocycles. The van der Waals surface area contributed by atoms with E-state index in [2.05, 4.69) is 22.0 Å². The van der Waals surface area contributed by atoms with E-state index >= 15 is 0 Å². The van der Waals surface area contributed by atoms with E-state index < -0.39 is 10.0 Å². The van der Waals surface area contributed by atoms with Crippen molar-refractivity contribution in [3.63, 3.8) is 0 Å². The minimum Gasteiger partial charge on any atom is -0.483 e. The number of nitrogens with zero attached hydrogens (tertiary/aromatic N) is 2. The average molecular weight is 416 g/mol. The molecule has 1 N–H and O–H groups in total. The summed E-state index contributed by atoms with van der Waals surface area (Å²) < 4.78 is 32.4. The molecule has 0 aliphatic heterocycles. The van der Waals surface area contributed by atoms with Crippen LogP contribution in [0, 0.1) is 0 Å². The molecule has 154 valence electrons. The van der Waals surface area contributed by atoms with Gasteiger partial charge < -0.3 is 14.6 Å². The van der Waals surface area contributed by atoms with Crippen LogP contribution in [0.4, 0.5) is 0 Å². The molecule has 0 saturated heterocycles. The second kappa shape index (κ2) is 9.11. The van der Waals surface area contributed by atoms with Gasteiger partial charge in [-0.1, -0.05) is 36.4 Å². The summed E-state index contributed by atoms with van der Waals surface area (Å²) in [4.78, 5) is 12.0. The molecule has 0 aliphatic rings. The van der Waals surface area contributed by atoms with E-state index in [4.69, 9.17) is 4.74 Å². The van der Waals surface area contributed by atoms with Crippen molar-refractivity contribution >= 4 is 26.8 Å². The Labute approximate surface area is 170 Å². The number of hydrogen-bond acceptors (Lipinski definition) is 4. The summed E-state index contributed by atoms with van der Waals surface area (Å²) in [5.74, 6) is 0.106. The first-order valence-corrected chi connectivity index (χ1v) is 10.9. The normalized spacial score (nSPS) is 11.7. The molecular weight excluding hydrogens is 390 g/mol. The first-order chi connectivity index (χ1) is 13.9. The third kappa shape index (κ3) is 5.36. The fourth-order valence-electron chi connectivity index (χ4n) is 2.94. The fraction of sp³-hybridized carbons (Fsp3) is 0.286. The number of amides is 1. The van der Waals surface area contributed by atoms with Crippen LogP contribution >= 0.6 is 0 Å². The zero-order valence-electron chi connectivity index (χ0n) is 16.5. The van der Waals surface area contributed by atoms with Crippen molar-refractivity contribution in [2.24, 2.45) is 0 Å². The number of benzene rings is 2.